The Labute approximate surface area is 139 Å². The molecule has 0 radical (unpaired) electrons. The lowest BCUT2D eigenvalue weighted by atomic mass is 10.3. The first-order valence-electron chi connectivity index (χ1n) is 7.37. The van der Waals surface area contributed by atoms with Gasteiger partial charge in [-0.15, -0.1) is 22.7 Å². The van der Waals surface area contributed by atoms with Gasteiger partial charge >= 0.3 is 0 Å². The molecule has 0 saturated heterocycles. The van der Waals surface area contributed by atoms with Gasteiger partial charge in [0.05, 0.1) is 21.4 Å². The molecule has 0 aromatic carbocycles. The summed E-state index contributed by atoms with van der Waals surface area (Å²) in [5.74, 6) is 0.831. The Balaban J connectivity index is 1.68. The normalized spacial score (nSPS) is 11.7. The van der Waals surface area contributed by atoms with Gasteiger partial charge in [0, 0.05) is 43.2 Å². The molecule has 2 N–H and O–H groups in total. The Kier molecular flexibility index (Phi) is 6.33. The van der Waals surface area contributed by atoms with Gasteiger partial charge in [0.15, 0.2) is 5.96 Å². The van der Waals surface area contributed by atoms with E-state index in [0.29, 0.717) is 0 Å². The molecule has 2 heterocycles. The Morgan fingerprint density at radius 3 is 2.41 bits per heavy atom. The predicted molar refractivity (Wildman–Crippen MR) is 95.2 cm³/mol. The maximum Gasteiger partial charge on any atom is 0.191 e. The van der Waals surface area contributed by atoms with Gasteiger partial charge < -0.3 is 10.6 Å². The molecule has 22 heavy (non-hydrogen) atoms. The average molecular weight is 338 g/mol. The molecule has 5 nitrogen and oxygen atoms in total. The molecular formula is C15H23N5S2. The van der Waals surface area contributed by atoms with Crippen LogP contribution in [0.2, 0.25) is 0 Å². The summed E-state index contributed by atoms with van der Waals surface area (Å²) in [4.78, 5) is 14.5. The van der Waals surface area contributed by atoms with E-state index in [1.165, 1.54) is 9.88 Å². The first-order valence-corrected chi connectivity index (χ1v) is 9.06. The maximum absolute atomic E-state index is 4.55. The van der Waals surface area contributed by atoms with Crippen LogP contribution in [0.4, 0.5) is 0 Å². The summed E-state index contributed by atoms with van der Waals surface area (Å²) >= 11 is 3.47. The minimum atomic E-state index is 0.831. The van der Waals surface area contributed by atoms with Crippen LogP contribution in [0.1, 0.15) is 26.3 Å². The lowest BCUT2D eigenvalue weighted by Gasteiger charge is -2.10. The van der Waals surface area contributed by atoms with Crippen LogP contribution in [0.5, 0.6) is 0 Å². The zero-order valence-corrected chi connectivity index (χ0v) is 15.2. The largest absolute Gasteiger partial charge is 0.356 e. The molecule has 0 saturated carbocycles. The summed E-state index contributed by atoms with van der Waals surface area (Å²) < 4.78 is 0. The number of aliphatic imine (C=N–C) groups is 1. The molecule has 120 valence electrons. The van der Waals surface area contributed by atoms with Gasteiger partial charge in [-0.2, -0.15) is 0 Å². The van der Waals surface area contributed by atoms with E-state index in [2.05, 4.69) is 44.8 Å². The monoisotopic (exact) mass is 337 g/mol. The molecule has 0 spiro atoms. The highest BCUT2D eigenvalue weighted by Gasteiger charge is 2.04. The summed E-state index contributed by atoms with van der Waals surface area (Å²) in [5, 5.41) is 11.0. The second-order valence-corrected chi connectivity index (χ2v) is 7.38. The SMILES string of the molecule is CN=C(NCCc1csc(C)n1)NCCc1nc(C)c(C)s1. The minimum Gasteiger partial charge on any atom is -0.356 e. The molecule has 0 aliphatic heterocycles. The van der Waals surface area contributed by atoms with E-state index in [-0.39, 0.29) is 0 Å². The van der Waals surface area contributed by atoms with Crippen LogP contribution in [-0.2, 0) is 12.8 Å². The summed E-state index contributed by atoms with van der Waals surface area (Å²) in [6, 6.07) is 0. The van der Waals surface area contributed by atoms with Crippen molar-refractivity contribution in [1.82, 2.24) is 20.6 Å². The number of hydrogen-bond donors (Lipinski definition) is 2. The van der Waals surface area contributed by atoms with Crippen molar-refractivity contribution in [1.29, 1.82) is 0 Å². The lowest BCUT2D eigenvalue weighted by molar-refractivity contribution is 0.775. The van der Waals surface area contributed by atoms with Gasteiger partial charge in [-0.05, 0) is 20.8 Å². The second kappa shape index (κ2) is 8.24. The third-order valence-corrected chi connectivity index (χ3v) is 5.22. The number of aryl methyl sites for hydroxylation is 3. The van der Waals surface area contributed by atoms with E-state index >= 15 is 0 Å². The van der Waals surface area contributed by atoms with Crippen molar-refractivity contribution < 1.29 is 0 Å². The van der Waals surface area contributed by atoms with E-state index in [0.717, 1.165) is 48.3 Å². The molecule has 0 unspecified atom stereocenters. The Hall–Kier alpha value is -1.47. The molecule has 2 rings (SSSR count). The molecule has 0 atom stereocenters. The summed E-state index contributed by atoms with van der Waals surface area (Å²) in [5.41, 5.74) is 2.28. The molecule has 0 aliphatic carbocycles. The number of nitrogens with one attached hydrogen (secondary N) is 2. The molecule has 2 aromatic heterocycles. The third-order valence-electron chi connectivity index (χ3n) is 3.27. The van der Waals surface area contributed by atoms with Gasteiger partial charge in [0.1, 0.15) is 0 Å². The Morgan fingerprint density at radius 2 is 1.86 bits per heavy atom. The Bertz CT molecular complexity index is 610. The van der Waals surface area contributed by atoms with Gasteiger partial charge in [0.2, 0.25) is 0 Å². The van der Waals surface area contributed by atoms with E-state index in [9.17, 15) is 0 Å². The second-order valence-electron chi connectivity index (χ2n) is 5.03. The van der Waals surface area contributed by atoms with Crippen LogP contribution >= 0.6 is 22.7 Å². The topological polar surface area (TPSA) is 62.2 Å². The number of thiazole rings is 2. The maximum atomic E-state index is 4.55. The van der Waals surface area contributed by atoms with Crippen molar-refractivity contribution in [3.63, 3.8) is 0 Å². The standard InChI is InChI=1S/C15H23N5S2/c1-10-11(2)22-14(19-10)6-8-18-15(16-4)17-7-5-13-9-21-12(3)20-13/h9H,5-8H2,1-4H3,(H2,16,17,18). The van der Waals surface area contributed by atoms with Crippen molar-refractivity contribution in [3.8, 4) is 0 Å². The van der Waals surface area contributed by atoms with Crippen molar-refractivity contribution in [3.05, 3.63) is 31.7 Å². The molecule has 0 amide bonds. The number of hydrogen-bond acceptors (Lipinski definition) is 5. The smallest absolute Gasteiger partial charge is 0.191 e. The number of nitrogens with zero attached hydrogens (tertiary/aromatic N) is 3. The highest BCUT2D eigenvalue weighted by molar-refractivity contribution is 7.11. The van der Waals surface area contributed by atoms with Crippen LogP contribution in [0.15, 0.2) is 10.4 Å². The van der Waals surface area contributed by atoms with Gasteiger partial charge in [0.25, 0.3) is 0 Å². The molecule has 0 fully saturated rings. The van der Waals surface area contributed by atoms with Crippen LogP contribution in [0, 0.1) is 20.8 Å². The Morgan fingerprint density at radius 1 is 1.14 bits per heavy atom. The predicted octanol–water partition coefficient (Wildman–Crippen LogP) is 2.48. The van der Waals surface area contributed by atoms with E-state index in [4.69, 9.17) is 0 Å². The van der Waals surface area contributed by atoms with Gasteiger partial charge in [-0.1, -0.05) is 0 Å². The zero-order chi connectivity index (χ0) is 15.9. The van der Waals surface area contributed by atoms with E-state index in [1.807, 2.05) is 6.92 Å². The molecule has 0 aliphatic rings. The molecule has 7 heteroatoms. The summed E-state index contributed by atoms with van der Waals surface area (Å²) in [7, 11) is 1.79. The molecule has 2 aromatic rings. The first kappa shape index (κ1) is 16.9. The van der Waals surface area contributed by atoms with E-state index in [1.54, 1.807) is 29.7 Å². The highest BCUT2D eigenvalue weighted by atomic mass is 32.1. The fourth-order valence-electron chi connectivity index (χ4n) is 1.99. The fraction of sp³-hybridized carbons (Fsp3) is 0.533. The van der Waals surface area contributed by atoms with Crippen LogP contribution < -0.4 is 10.6 Å². The molecule has 0 bridgehead atoms. The fourth-order valence-corrected chi connectivity index (χ4v) is 3.57. The summed E-state index contributed by atoms with van der Waals surface area (Å²) in [6.45, 7) is 7.87. The summed E-state index contributed by atoms with van der Waals surface area (Å²) in [6.07, 6.45) is 1.83. The van der Waals surface area contributed by atoms with Crippen molar-refractivity contribution in [2.75, 3.05) is 20.1 Å². The van der Waals surface area contributed by atoms with E-state index < -0.39 is 0 Å². The zero-order valence-electron chi connectivity index (χ0n) is 13.6. The van der Waals surface area contributed by atoms with Gasteiger partial charge in [-0.3, -0.25) is 4.99 Å². The molecular weight excluding hydrogens is 314 g/mol. The first-order chi connectivity index (χ1) is 10.6. The van der Waals surface area contributed by atoms with Gasteiger partial charge in [-0.25, -0.2) is 9.97 Å². The van der Waals surface area contributed by atoms with Crippen LogP contribution in [0.25, 0.3) is 0 Å². The van der Waals surface area contributed by atoms with Crippen molar-refractivity contribution >= 4 is 28.6 Å². The van der Waals surface area contributed by atoms with Crippen LogP contribution in [-0.4, -0.2) is 36.1 Å². The quantitative estimate of drug-likeness (QED) is 0.628. The minimum absolute atomic E-state index is 0.831. The van der Waals surface area contributed by atoms with Crippen molar-refractivity contribution in [2.45, 2.75) is 33.6 Å². The van der Waals surface area contributed by atoms with Crippen LogP contribution in [0.3, 0.4) is 0 Å². The number of rotatable bonds is 6. The third kappa shape index (κ3) is 5.06. The van der Waals surface area contributed by atoms with Crippen molar-refractivity contribution in [2.24, 2.45) is 4.99 Å². The number of aromatic nitrogens is 2. The lowest BCUT2D eigenvalue weighted by Crippen LogP contribution is -2.39. The number of guanidine groups is 1. The highest BCUT2D eigenvalue weighted by Crippen LogP contribution is 2.16. The average Bonchev–Trinajstić information content (AvgIpc) is 3.03.